The third-order valence-corrected chi connectivity index (χ3v) is 9.40. The summed E-state index contributed by atoms with van der Waals surface area (Å²) < 4.78 is 0. The summed E-state index contributed by atoms with van der Waals surface area (Å²) in [6.07, 6.45) is 12.8. The molecule has 0 spiro atoms. The van der Waals surface area contributed by atoms with Crippen molar-refractivity contribution in [2.75, 3.05) is 105 Å². The van der Waals surface area contributed by atoms with Gasteiger partial charge in [-0.2, -0.15) is 25.2 Å². The summed E-state index contributed by atoms with van der Waals surface area (Å²) in [7, 11) is 0. The molecule has 8 fully saturated rings. The van der Waals surface area contributed by atoms with E-state index in [0.29, 0.717) is 12.8 Å². The molecule has 0 aromatic rings. The maximum atomic E-state index is 9.60. The monoisotopic (exact) mass is 944 g/mol. The van der Waals surface area contributed by atoms with Crippen molar-refractivity contribution in [2.24, 2.45) is 0 Å². The van der Waals surface area contributed by atoms with Gasteiger partial charge in [0.1, 0.15) is 0 Å². The van der Waals surface area contributed by atoms with E-state index in [1.54, 1.807) is 0 Å². The van der Waals surface area contributed by atoms with E-state index < -0.39 is 11.9 Å². The first-order chi connectivity index (χ1) is 25.4. The molecule has 0 atom stereocenters. The minimum atomic E-state index is -0.711. The van der Waals surface area contributed by atoms with Crippen molar-refractivity contribution in [3.63, 3.8) is 0 Å². The summed E-state index contributed by atoms with van der Waals surface area (Å²) in [5, 5.41) is 51.1. The van der Waals surface area contributed by atoms with Crippen LogP contribution in [0.2, 0.25) is 0 Å². The number of rotatable bonds is 4. The average Bonchev–Trinajstić information content (AvgIpc) is 3.19. The topological polar surface area (TPSA) is 200 Å². The van der Waals surface area contributed by atoms with E-state index in [1.165, 1.54) is 104 Å². The van der Waals surface area contributed by atoms with Gasteiger partial charge in [0.05, 0.1) is 0 Å². The van der Waals surface area contributed by atoms with Gasteiger partial charge in [-0.15, -0.1) is 52.4 Å². The molecule has 0 aliphatic carbocycles. The second-order valence-corrected chi connectivity index (χ2v) is 13.9. The second kappa shape index (κ2) is 32.7. The maximum Gasteiger partial charge on any atom is 0.303 e. The van der Waals surface area contributed by atoms with Crippen molar-refractivity contribution >= 4 is 11.9 Å². The van der Waals surface area contributed by atoms with Gasteiger partial charge in [0, 0.05) is 53.7 Å². The van der Waals surface area contributed by atoms with Crippen molar-refractivity contribution in [1.82, 2.24) is 19.6 Å². The van der Waals surface area contributed by atoms with Crippen molar-refractivity contribution in [2.45, 2.75) is 116 Å². The molecule has 2 N–H and O–H groups in total. The molecular formula is C36H68N12O4Pd2-8. The van der Waals surface area contributed by atoms with Gasteiger partial charge in [0.2, 0.25) is 0 Å². The fourth-order valence-electron chi connectivity index (χ4n) is 6.80. The minimum absolute atomic E-state index is 0. The van der Waals surface area contributed by atoms with Crippen LogP contribution in [0.4, 0.5) is 0 Å². The van der Waals surface area contributed by atoms with E-state index in [1.807, 2.05) is 13.8 Å². The van der Waals surface area contributed by atoms with Gasteiger partial charge >= 0.3 is 11.9 Å². The fourth-order valence-corrected chi connectivity index (χ4v) is 6.80. The molecule has 0 bridgehead atoms. The van der Waals surface area contributed by atoms with Crippen LogP contribution in [0.5, 0.6) is 0 Å². The van der Waals surface area contributed by atoms with Crippen LogP contribution in [-0.4, -0.2) is 172 Å². The van der Waals surface area contributed by atoms with Crippen LogP contribution in [0.25, 0.3) is 42.5 Å². The molecule has 324 valence electrons. The third-order valence-electron chi connectivity index (χ3n) is 9.40. The second-order valence-electron chi connectivity index (χ2n) is 13.9. The number of nitrogens with zero attached hydrogens (tertiary/aromatic N) is 12. The molecule has 18 heteroatoms. The zero-order valence-electron chi connectivity index (χ0n) is 32.8. The summed E-state index contributed by atoms with van der Waals surface area (Å²) in [6.45, 7) is 21.5. The Hall–Kier alpha value is -0.215. The molecule has 54 heavy (non-hydrogen) atoms. The van der Waals surface area contributed by atoms with Gasteiger partial charge in [-0.05, 0) is 65.2 Å². The SMILES string of the molecule is C1C[N-]C2[N-]CCCN2C1.C1C[N-]C2[N-]CCCN2C1.C1C[N-]C2[N-]CCCN2C1.C1C[N-]C2[N-]CCCN2C1.CCCC(=O)O.CCCC(=O)O.[Pd].[Pd]. The zero-order valence-corrected chi connectivity index (χ0v) is 35.9. The maximum absolute atomic E-state index is 9.60. The van der Waals surface area contributed by atoms with Crippen molar-refractivity contribution in [3.8, 4) is 0 Å². The van der Waals surface area contributed by atoms with E-state index in [4.69, 9.17) is 10.2 Å². The van der Waals surface area contributed by atoms with Crippen LogP contribution in [0.3, 0.4) is 0 Å². The first-order valence-corrected chi connectivity index (χ1v) is 20.1. The summed E-state index contributed by atoms with van der Waals surface area (Å²) >= 11 is 0. The Balaban J connectivity index is 0.000000326. The van der Waals surface area contributed by atoms with E-state index in [-0.39, 0.29) is 66.0 Å². The quantitative estimate of drug-likeness (QED) is 0.308. The van der Waals surface area contributed by atoms with Gasteiger partial charge in [-0.1, -0.05) is 65.2 Å². The van der Waals surface area contributed by atoms with Crippen LogP contribution in [0.1, 0.15) is 90.9 Å². The number of hydrogen-bond donors (Lipinski definition) is 2. The largest absolute Gasteiger partial charge is 0.666 e. The van der Waals surface area contributed by atoms with Gasteiger partial charge in [-0.3, -0.25) is 9.59 Å². The molecule has 0 aromatic heterocycles. The molecule has 8 aliphatic rings. The van der Waals surface area contributed by atoms with Crippen molar-refractivity contribution in [3.05, 3.63) is 42.5 Å². The summed E-state index contributed by atoms with van der Waals surface area (Å²) in [5.74, 6) is -1.42. The standard InChI is InChI=1S/4C7H13N3.2C4H8O2.2Pd/c4*1-3-8-7-9-4-2-6-10(7)5-1;2*1-2-3-4(5)6;;/h4*7H,1-6H2;2*2-3H2,1H3,(H,5,6);;/q4*-2;;;;. The summed E-state index contributed by atoms with van der Waals surface area (Å²) in [6, 6.07) is 0. The minimum Gasteiger partial charge on any atom is -0.666 e. The van der Waals surface area contributed by atoms with Crippen LogP contribution < -0.4 is 0 Å². The van der Waals surface area contributed by atoms with E-state index in [0.717, 1.165) is 65.2 Å². The zero-order chi connectivity index (χ0) is 37.2. The van der Waals surface area contributed by atoms with Crippen molar-refractivity contribution < 1.29 is 60.6 Å². The molecule has 0 aromatic carbocycles. The molecule has 8 aliphatic heterocycles. The molecule has 0 saturated carbocycles. The van der Waals surface area contributed by atoms with Gasteiger partial charge < -0.3 is 72.3 Å². The van der Waals surface area contributed by atoms with Gasteiger partial charge in [-0.25, -0.2) is 0 Å². The molecular weight excluding hydrogens is 877 g/mol. The predicted molar refractivity (Wildman–Crippen MR) is 209 cm³/mol. The molecule has 16 nitrogen and oxygen atoms in total. The van der Waals surface area contributed by atoms with Gasteiger partial charge in [0.25, 0.3) is 0 Å². The molecule has 0 unspecified atom stereocenters. The normalized spacial score (nSPS) is 24.0. The molecule has 8 rings (SSSR count). The number of fused-ring (bicyclic) bond motifs is 4. The van der Waals surface area contributed by atoms with E-state index in [9.17, 15) is 9.59 Å². The van der Waals surface area contributed by atoms with Crippen LogP contribution in [0.15, 0.2) is 0 Å². The van der Waals surface area contributed by atoms with Crippen LogP contribution >= 0.6 is 0 Å². The number of hydrogen-bond acceptors (Lipinski definition) is 6. The first-order valence-electron chi connectivity index (χ1n) is 20.1. The number of carboxylic acid groups (broad SMARTS) is 2. The number of carbonyl (C=O) groups is 2. The van der Waals surface area contributed by atoms with E-state index >= 15 is 0 Å². The van der Waals surface area contributed by atoms with Crippen LogP contribution in [-0.2, 0) is 50.4 Å². The summed E-state index contributed by atoms with van der Waals surface area (Å²) in [4.78, 5) is 28.7. The van der Waals surface area contributed by atoms with Crippen molar-refractivity contribution in [1.29, 1.82) is 0 Å². The molecule has 8 saturated heterocycles. The molecule has 8 heterocycles. The Labute approximate surface area is 353 Å². The fraction of sp³-hybridized carbons (Fsp3) is 0.944. The summed E-state index contributed by atoms with van der Waals surface area (Å²) in [5.41, 5.74) is 0. The van der Waals surface area contributed by atoms with Gasteiger partial charge in [0.15, 0.2) is 0 Å². The Morgan fingerprint density at radius 3 is 0.667 bits per heavy atom. The molecule has 0 amide bonds. The Bertz CT molecular complexity index is 720. The third kappa shape index (κ3) is 22.1. The molecule has 0 radical (unpaired) electrons. The average molecular weight is 946 g/mol. The Morgan fingerprint density at radius 1 is 0.407 bits per heavy atom. The number of aliphatic carboxylic acids is 2. The first kappa shape index (κ1) is 51.8. The number of carboxylic acids is 2. The predicted octanol–water partition coefficient (Wildman–Crippen LogP) is 6.24. The Kier molecular flexibility index (Phi) is 31.4. The Morgan fingerprint density at radius 2 is 0.574 bits per heavy atom. The van der Waals surface area contributed by atoms with Crippen LogP contribution in [0, 0.1) is 0 Å². The van der Waals surface area contributed by atoms with E-state index in [2.05, 4.69) is 62.1 Å². The smallest absolute Gasteiger partial charge is 0.303 e.